The summed E-state index contributed by atoms with van der Waals surface area (Å²) in [6.07, 6.45) is -4.85. The molecule has 30 heavy (non-hydrogen) atoms. The molecule has 0 unspecified atom stereocenters. The number of halogens is 5. The number of nitrogens with one attached hydrogen (secondary N) is 1. The highest BCUT2D eigenvalue weighted by atomic mass is 35.5. The number of carbonyl (C=O) groups is 1. The Labute approximate surface area is 172 Å². The maximum atomic E-state index is 13.4. The minimum atomic E-state index is -4.85. The van der Waals surface area contributed by atoms with E-state index in [0.717, 1.165) is 18.2 Å². The molecular formula is C18H14ClF4N5O2. The topological polar surface area (TPSA) is 92.9 Å². The van der Waals surface area contributed by atoms with Crippen molar-refractivity contribution in [2.24, 2.45) is 0 Å². The van der Waals surface area contributed by atoms with Crippen LogP contribution in [0.2, 0.25) is 5.02 Å². The zero-order valence-electron chi connectivity index (χ0n) is 15.3. The van der Waals surface area contributed by atoms with Crippen molar-refractivity contribution in [2.45, 2.75) is 19.1 Å². The number of alkyl halides is 3. The molecule has 3 aromatic rings. The number of benzene rings is 2. The van der Waals surface area contributed by atoms with Crippen molar-refractivity contribution in [1.82, 2.24) is 25.5 Å². The van der Waals surface area contributed by atoms with Gasteiger partial charge in [-0.2, -0.15) is 17.9 Å². The van der Waals surface area contributed by atoms with E-state index in [9.17, 15) is 22.4 Å². The maximum absolute atomic E-state index is 13.4. The summed E-state index contributed by atoms with van der Waals surface area (Å²) in [5.41, 5.74) is 0.326. The van der Waals surface area contributed by atoms with Gasteiger partial charge in [-0.05, 0) is 59.3 Å². The fraction of sp³-hybridized carbons (Fsp3) is 0.222. The van der Waals surface area contributed by atoms with Gasteiger partial charge in [-0.1, -0.05) is 11.6 Å². The van der Waals surface area contributed by atoms with Gasteiger partial charge in [0.05, 0.1) is 17.3 Å². The SMILES string of the molecule is C[C@@H](CO)NC(=O)c1cc(-c2ccc(F)cc2Cl)cc(-n2nnnc2C(F)(F)F)c1. The van der Waals surface area contributed by atoms with Crippen LogP contribution in [0.1, 0.15) is 23.1 Å². The molecule has 0 saturated heterocycles. The molecule has 3 rings (SSSR count). The lowest BCUT2D eigenvalue weighted by Gasteiger charge is -2.15. The zero-order valence-corrected chi connectivity index (χ0v) is 16.0. The molecule has 0 bridgehead atoms. The lowest BCUT2D eigenvalue weighted by atomic mass is 10.0. The Morgan fingerprint density at radius 1 is 1.27 bits per heavy atom. The number of tetrazole rings is 1. The molecule has 2 aromatic carbocycles. The molecular weight excluding hydrogens is 430 g/mol. The van der Waals surface area contributed by atoms with Crippen LogP contribution in [0.3, 0.4) is 0 Å². The predicted molar refractivity (Wildman–Crippen MR) is 98.6 cm³/mol. The second kappa shape index (κ2) is 8.36. The number of carbonyl (C=O) groups excluding carboxylic acids is 1. The minimum Gasteiger partial charge on any atom is -0.394 e. The molecule has 0 aliphatic rings. The third-order valence-electron chi connectivity index (χ3n) is 4.04. The van der Waals surface area contributed by atoms with Crippen LogP contribution in [-0.2, 0) is 6.18 Å². The number of amides is 1. The molecule has 1 aromatic heterocycles. The van der Waals surface area contributed by atoms with Gasteiger partial charge in [0.1, 0.15) is 5.82 Å². The van der Waals surface area contributed by atoms with Crippen molar-refractivity contribution in [3.63, 3.8) is 0 Å². The Balaban J connectivity index is 2.19. The van der Waals surface area contributed by atoms with Crippen LogP contribution in [0.4, 0.5) is 17.6 Å². The second-order valence-corrected chi connectivity index (χ2v) is 6.77. The third-order valence-corrected chi connectivity index (χ3v) is 4.35. The van der Waals surface area contributed by atoms with Crippen molar-refractivity contribution in [2.75, 3.05) is 6.61 Å². The highest BCUT2D eigenvalue weighted by Crippen LogP contribution is 2.33. The van der Waals surface area contributed by atoms with Gasteiger partial charge in [-0.3, -0.25) is 4.79 Å². The average Bonchev–Trinajstić information content (AvgIpc) is 3.18. The van der Waals surface area contributed by atoms with Crippen molar-refractivity contribution in [3.05, 3.63) is 58.6 Å². The summed E-state index contributed by atoms with van der Waals surface area (Å²) in [6, 6.07) is 6.72. The first-order valence-corrected chi connectivity index (χ1v) is 8.86. The summed E-state index contributed by atoms with van der Waals surface area (Å²) >= 11 is 6.08. The molecule has 0 aliphatic carbocycles. The number of aliphatic hydroxyl groups is 1. The normalized spacial score (nSPS) is 12.6. The van der Waals surface area contributed by atoms with E-state index in [0.29, 0.717) is 4.68 Å². The smallest absolute Gasteiger partial charge is 0.394 e. The number of aliphatic hydroxyl groups excluding tert-OH is 1. The van der Waals surface area contributed by atoms with E-state index in [1.807, 2.05) is 0 Å². The van der Waals surface area contributed by atoms with E-state index < -0.39 is 29.8 Å². The molecule has 0 aliphatic heterocycles. The van der Waals surface area contributed by atoms with E-state index in [-0.39, 0.29) is 34.0 Å². The fourth-order valence-corrected chi connectivity index (χ4v) is 2.91. The molecule has 0 radical (unpaired) electrons. The molecule has 7 nitrogen and oxygen atoms in total. The van der Waals surface area contributed by atoms with E-state index in [1.165, 1.54) is 18.2 Å². The third kappa shape index (κ3) is 4.57. The van der Waals surface area contributed by atoms with Crippen molar-refractivity contribution >= 4 is 17.5 Å². The first-order valence-electron chi connectivity index (χ1n) is 8.48. The molecule has 0 fully saturated rings. The van der Waals surface area contributed by atoms with Crippen LogP contribution in [-0.4, -0.2) is 43.9 Å². The maximum Gasteiger partial charge on any atom is 0.453 e. The molecule has 1 atom stereocenters. The Kier molecular flexibility index (Phi) is 6.04. The first kappa shape index (κ1) is 21.7. The van der Waals surface area contributed by atoms with Crippen LogP contribution >= 0.6 is 11.6 Å². The number of aromatic nitrogens is 4. The minimum absolute atomic E-state index is 0.00463. The van der Waals surface area contributed by atoms with Gasteiger partial charge < -0.3 is 10.4 Å². The van der Waals surface area contributed by atoms with Crippen molar-refractivity contribution in [1.29, 1.82) is 0 Å². The molecule has 2 N–H and O–H groups in total. The van der Waals surface area contributed by atoms with Gasteiger partial charge in [0.25, 0.3) is 11.7 Å². The Morgan fingerprint density at radius 2 is 2.00 bits per heavy atom. The molecule has 12 heteroatoms. The number of rotatable bonds is 5. The van der Waals surface area contributed by atoms with Gasteiger partial charge in [0.2, 0.25) is 0 Å². The van der Waals surface area contributed by atoms with Crippen LogP contribution < -0.4 is 5.32 Å². The molecule has 0 saturated carbocycles. The number of hydrogen-bond acceptors (Lipinski definition) is 5. The van der Waals surface area contributed by atoms with Crippen LogP contribution in [0.15, 0.2) is 36.4 Å². The summed E-state index contributed by atoms with van der Waals surface area (Å²) in [5, 5.41) is 21.1. The van der Waals surface area contributed by atoms with Crippen LogP contribution in [0, 0.1) is 5.82 Å². The molecule has 1 amide bonds. The van der Waals surface area contributed by atoms with Gasteiger partial charge in [0, 0.05) is 17.2 Å². The van der Waals surface area contributed by atoms with Crippen molar-refractivity contribution < 1.29 is 27.5 Å². The largest absolute Gasteiger partial charge is 0.453 e. The van der Waals surface area contributed by atoms with Crippen molar-refractivity contribution in [3.8, 4) is 16.8 Å². The lowest BCUT2D eigenvalue weighted by molar-refractivity contribution is -0.146. The van der Waals surface area contributed by atoms with Gasteiger partial charge in [-0.15, -0.1) is 5.10 Å². The summed E-state index contributed by atoms with van der Waals surface area (Å²) in [6.45, 7) is 1.20. The average molecular weight is 444 g/mol. The number of nitrogens with zero attached hydrogens (tertiary/aromatic N) is 4. The van der Waals surface area contributed by atoms with Crippen LogP contribution in [0.25, 0.3) is 16.8 Å². The predicted octanol–water partition coefficient (Wildman–Crippen LogP) is 3.25. The van der Waals surface area contributed by atoms with E-state index in [2.05, 4.69) is 20.8 Å². The Morgan fingerprint density at radius 3 is 2.63 bits per heavy atom. The Hall–Kier alpha value is -3.05. The quantitative estimate of drug-likeness (QED) is 0.590. The van der Waals surface area contributed by atoms with E-state index in [4.69, 9.17) is 16.7 Å². The standard InChI is InChI=1S/C18H14ClF4N5O2/c1-9(8-29)24-16(30)11-4-10(14-3-2-12(20)7-15(14)19)5-13(6-11)28-17(18(21,22)23)25-26-27-28/h2-7,9,29H,8H2,1H3,(H,24,30)/t9-/m0/s1. The summed E-state index contributed by atoms with van der Waals surface area (Å²) in [4.78, 5) is 12.5. The fourth-order valence-electron chi connectivity index (χ4n) is 2.63. The molecule has 1 heterocycles. The molecule has 158 valence electrons. The van der Waals surface area contributed by atoms with Gasteiger partial charge >= 0.3 is 6.18 Å². The van der Waals surface area contributed by atoms with E-state index >= 15 is 0 Å². The van der Waals surface area contributed by atoms with Gasteiger partial charge in [-0.25, -0.2) is 4.39 Å². The Bertz CT molecular complexity index is 1090. The van der Waals surface area contributed by atoms with Gasteiger partial charge in [0.15, 0.2) is 0 Å². The first-order chi connectivity index (χ1) is 14.1. The second-order valence-electron chi connectivity index (χ2n) is 6.36. The lowest BCUT2D eigenvalue weighted by Crippen LogP contribution is -2.35. The highest BCUT2D eigenvalue weighted by Gasteiger charge is 2.38. The summed E-state index contributed by atoms with van der Waals surface area (Å²) in [5.74, 6) is -2.64. The van der Waals surface area contributed by atoms with Crippen LogP contribution in [0.5, 0.6) is 0 Å². The molecule has 0 spiro atoms. The van der Waals surface area contributed by atoms with E-state index in [1.54, 1.807) is 6.92 Å². The highest BCUT2D eigenvalue weighted by molar-refractivity contribution is 6.33. The summed E-state index contributed by atoms with van der Waals surface area (Å²) < 4.78 is 53.6. The number of hydrogen-bond donors (Lipinski definition) is 2. The monoisotopic (exact) mass is 443 g/mol. The zero-order chi connectivity index (χ0) is 22.1. The summed E-state index contributed by atoms with van der Waals surface area (Å²) in [7, 11) is 0.